The number of carbonyl (C=O) groups excluding carboxylic acids is 1. The summed E-state index contributed by atoms with van der Waals surface area (Å²) in [6.07, 6.45) is 1.18. The number of hydrogen-bond acceptors (Lipinski definition) is 4. The van der Waals surface area contributed by atoms with Crippen LogP contribution in [0.25, 0.3) is 0 Å². The van der Waals surface area contributed by atoms with Crippen LogP contribution >= 0.6 is 0 Å². The van der Waals surface area contributed by atoms with Gasteiger partial charge in [0.2, 0.25) is 5.75 Å². The molecule has 0 aliphatic carbocycles. The monoisotopic (exact) mass is 264 g/mol. The lowest BCUT2D eigenvalue weighted by Crippen LogP contribution is -2.23. The molecule has 0 saturated carbocycles. The van der Waals surface area contributed by atoms with Gasteiger partial charge in [0.15, 0.2) is 11.6 Å². The first kappa shape index (κ1) is 13.2. The summed E-state index contributed by atoms with van der Waals surface area (Å²) >= 11 is 0. The summed E-state index contributed by atoms with van der Waals surface area (Å²) in [5.41, 5.74) is 0.0446. The van der Waals surface area contributed by atoms with Gasteiger partial charge in [-0.3, -0.25) is 9.39 Å². The van der Waals surface area contributed by atoms with Gasteiger partial charge in [-0.1, -0.05) is 5.21 Å². The molecule has 0 bridgehead atoms. The third-order valence-electron chi connectivity index (χ3n) is 1.93. The van der Waals surface area contributed by atoms with E-state index in [1.807, 2.05) is 0 Å². The highest BCUT2D eigenvalue weighted by atomic mass is 19.1. The molecular formula is C9H3B2F3N3O2. The zero-order valence-corrected chi connectivity index (χ0v) is 9.18. The largest absolute Gasteiger partial charge is 0.427 e. The second-order valence-electron chi connectivity index (χ2n) is 3.37. The first-order chi connectivity index (χ1) is 8.95. The molecule has 1 aromatic heterocycles. The number of hydrogen-bond donors (Lipinski definition) is 0. The van der Waals surface area contributed by atoms with Gasteiger partial charge in [0, 0.05) is 23.9 Å². The van der Waals surface area contributed by atoms with Crippen molar-refractivity contribution < 1.29 is 22.7 Å². The van der Waals surface area contributed by atoms with E-state index in [0.29, 0.717) is 12.1 Å². The fourth-order valence-corrected chi connectivity index (χ4v) is 1.21. The van der Waals surface area contributed by atoms with Crippen molar-refractivity contribution in [3.05, 3.63) is 35.8 Å². The lowest BCUT2D eigenvalue weighted by atomic mass is 9.95. The number of halogens is 3. The molecule has 0 aliphatic rings. The Morgan fingerprint density at radius 3 is 2.47 bits per heavy atom. The van der Waals surface area contributed by atoms with E-state index in [0.717, 1.165) is 12.0 Å². The quantitative estimate of drug-likeness (QED) is 0.740. The van der Waals surface area contributed by atoms with Crippen LogP contribution in [-0.4, -0.2) is 36.0 Å². The second-order valence-corrected chi connectivity index (χ2v) is 3.37. The van der Waals surface area contributed by atoms with Crippen molar-refractivity contribution in [2.45, 2.75) is 0 Å². The van der Waals surface area contributed by atoms with Gasteiger partial charge in [-0.05, 0) is 0 Å². The Morgan fingerprint density at radius 1 is 1.32 bits per heavy atom. The summed E-state index contributed by atoms with van der Waals surface area (Å²) in [6.45, 7) is 0. The van der Waals surface area contributed by atoms with Crippen LogP contribution < -0.4 is 10.3 Å². The van der Waals surface area contributed by atoms with E-state index >= 15 is 0 Å². The van der Waals surface area contributed by atoms with Crippen molar-refractivity contribution >= 4 is 26.7 Å². The van der Waals surface area contributed by atoms with Crippen molar-refractivity contribution in [1.82, 2.24) is 14.9 Å². The number of carbonyl (C=O) groups is 1. The highest BCUT2D eigenvalue weighted by Crippen LogP contribution is 2.22. The Kier molecular flexibility index (Phi) is 3.59. The lowest BCUT2D eigenvalue weighted by molar-refractivity contribution is 0.219. The molecule has 2 aromatic rings. The number of ether oxygens (including phenoxy) is 1. The molecule has 0 amide bonds. The maximum absolute atomic E-state index is 13.2. The van der Waals surface area contributed by atoms with Gasteiger partial charge in [-0.2, -0.15) is 0 Å². The van der Waals surface area contributed by atoms with E-state index in [9.17, 15) is 18.0 Å². The molecule has 0 N–H and O–H groups in total. The molecule has 10 heteroatoms. The minimum absolute atomic E-state index is 0.0446. The van der Waals surface area contributed by atoms with E-state index in [4.69, 9.17) is 7.85 Å². The summed E-state index contributed by atoms with van der Waals surface area (Å²) in [5, 5.41) is 6.77. The number of rotatable bonds is 3. The fraction of sp³-hybridized carbons (Fsp3) is 0. The summed E-state index contributed by atoms with van der Waals surface area (Å²) in [4.78, 5) is 11.3. The first-order valence-corrected chi connectivity index (χ1v) is 4.84. The Balaban J connectivity index is 2.11. The van der Waals surface area contributed by atoms with Gasteiger partial charge in [-0.25, -0.2) is 13.2 Å². The van der Waals surface area contributed by atoms with Crippen molar-refractivity contribution in [2.24, 2.45) is 0 Å². The average molecular weight is 264 g/mol. The molecule has 19 heavy (non-hydrogen) atoms. The SMILES string of the molecule is [B]c1cn([B]C(=O)Oc2c(F)cc(F)cc2F)nn1. The molecule has 3 radical (unpaired) electrons. The van der Waals surface area contributed by atoms with E-state index in [1.165, 1.54) is 6.20 Å². The predicted octanol–water partition coefficient (Wildman–Crippen LogP) is 0.155. The van der Waals surface area contributed by atoms with Crippen LogP contribution in [-0.2, 0) is 0 Å². The zero-order valence-electron chi connectivity index (χ0n) is 9.18. The maximum Gasteiger partial charge on any atom is 0.422 e. The van der Waals surface area contributed by atoms with Crippen LogP contribution in [0.15, 0.2) is 18.3 Å². The smallest absolute Gasteiger partial charge is 0.422 e. The molecule has 0 spiro atoms. The van der Waals surface area contributed by atoms with Crippen molar-refractivity contribution in [2.75, 3.05) is 0 Å². The summed E-state index contributed by atoms with van der Waals surface area (Å²) in [6, 6.07) is 0.776. The number of benzene rings is 1. The van der Waals surface area contributed by atoms with Gasteiger partial charge in [0.25, 0.3) is 5.87 Å². The van der Waals surface area contributed by atoms with Gasteiger partial charge >= 0.3 is 7.41 Å². The molecule has 2 rings (SSSR count). The predicted molar refractivity (Wildman–Crippen MR) is 58.9 cm³/mol. The summed E-state index contributed by atoms with van der Waals surface area (Å²) in [7, 11) is 6.00. The molecule has 0 saturated heterocycles. The van der Waals surface area contributed by atoms with Gasteiger partial charge < -0.3 is 4.74 Å². The average Bonchev–Trinajstić information content (AvgIpc) is 2.69. The van der Waals surface area contributed by atoms with Crippen LogP contribution in [0.1, 0.15) is 0 Å². The second kappa shape index (κ2) is 5.17. The molecule has 1 aromatic carbocycles. The van der Waals surface area contributed by atoms with E-state index in [1.54, 1.807) is 0 Å². The molecule has 0 aliphatic heterocycles. The Hall–Kier alpha value is -2.25. The third kappa shape index (κ3) is 3.15. The van der Waals surface area contributed by atoms with Crippen molar-refractivity contribution in [3.8, 4) is 5.75 Å². The van der Waals surface area contributed by atoms with Crippen molar-refractivity contribution in [1.29, 1.82) is 0 Å². The molecule has 0 unspecified atom stereocenters. The topological polar surface area (TPSA) is 57.0 Å². The Labute approximate surface area is 107 Å². The highest BCUT2D eigenvalue weighted by molar-refractivity contribution is 6.70. The first-order valence-electron chi connectivity index (χ1n) is 4.84. The number of nitrogens with zero attached hydrogens (tertiary/aromatic N) is 3. The maximum atomic E-state index is 13.2. The molecular weight excluding hydrogens is 261 g/mol. The van der Waals surface area contributed by atoms with Crippen LogP contribution in [0.3, 0.4) is 0 Å². The molecule has 5 nitrogen and oxygen atoms in total. The number of aromatic nitrogens is 3. The third-order valence-corrected chi connectivity index (χ3v) is 1.93. The van der Waals surface area contributed by atoms with Gasteiger partial charge in [0.1, 0.15) is 13.7 Å². The lowest BCUT2D eigenvalue weighted by Gasteiger charge is -2.05. The van der Waals surface area contributed by atoms with Crippen LogP contribution in [0.2, 0.25) is 0 Å². The van der Waals surface area contributed by atoms with Crippen LogP contribution in [0.4, 0.5) is 18.0 Å². The van der Waals surface area contributed by atoms with Crippen LogP contribution in [0.5, 0.6) is 5.75 Å². The van der Waals surface area contributed by atoms with Gasteiger partial charge in [0.05, 0.1) is 0 Å². The Bertz CT molecular complexity index is 612. The summed E-state index contributed by atoms with van der Waals surface area (Å²) in [5.74, 6) is -5.93. The fourth-order valence-electron chi connectivity index (χ4n) is 1.21. The molecule has 0 fully saturated rings. The van der Waals surface area contributed by atoms with E-state index < -0.39 is 29.1 Å². The Morgan fingerprint density at radius 2 is 1.95 bits per heavy atom. The van der Waals surface area contributed by atoms with E-state index in [2.05, 4.69) is 15.0 Å². The molecule has 93 valence electrons. The zero-order chi connectivity index (χ0) is 14.0. The minimum atomic E-state index is -1.34. The highest BCUT2D eigenvalue weighted by Gasteiger charge is 2.18. The van der Waals surface area contributed by atoms with Crippen LogP contribution in [0, 0.1) is 17.5 Å². The van der Waals surface area contributed by atoms with E-state index in [-0.39, 0.29) is 5.59 Å². The summed E-state index contributed by atoms with van der Waals surface area (Å²) < 4.78 is 44.3. The normalized spacial score (nSPS) is 10.3. The standard InChI is InChI=1S/C9H3B2F3N3O2/c10-7-3-17(16-15-7)11-9(18)19-8-5(13)1-4(12)2-6(8)14/h1-3H. The molecule has 1 heterocycles. The van der Waals surface area contributed by atoms with Crippen molar-refractivity contribution in [3.63, 3.8) is 0 Å². The van der Waals surface area contributed by atoms with Gasteiger partial charge in [-0.15, -0.1) is 5.10 Å². The molecule has 0 atom stereocenters. The minimum Gasteiger partial charge on any atom is -0.427 e.